The second-order valence-corrected chi connectivity index (χ2v) is 6.49. The van der Waals surface area contributed by atoms with Crippen molar-refractivity contribution >= 4 is 21.2 Å². The van der Waals surface area contributed by atoms with Crippen molar-refractivity contribution in [3.63, 3.8) is 0 Å². The van der Waals surface area contributed by atoms with Crippen molar-refractivity contribution in [2.75, 3.05) is 30.5 Å². The van der Waals surface area contributed by atoms with Crippen molar-refractivity contribution in [1.29, 1.82) is 0 Å². The summed E-state index contributed by atoms with van der Waals surface area (Å²) in [4.78, 5) is 0.167. The maximum absolute atomic E-state index is 11.5. The first-order valence-corrected chi connectivity index (χ1v) is 7.81. The highest BCUT2D eigenvalue weighted by Gasteiger charge is 2.17. The molecular formula is C12H18N2O3S. The number of anilines is 2. The lowest BCUT2D eigenvalue weighted by Gasteiger charge is -2.15. The Labute approximate surface area is 107 Å². The van der Waals surface area contributed by atoms with E-state index in [0.29, 0.717) is 12.2 Å². The Hall–Kier alpha value is -1.27. The highest BCUT2D eigenvalue weighted by atomic mass is 32.2. The van der Waals surface area contributed by atoms with Gasteiger partial charge in [-0.25, -0.2) is 8.42 Å². The molecule has 0 radical (unpaired) electrons. The first-order chi connectivity index (χ1) is 8.48. The molecule has 18 heavy (non-hydrogen) atoms. The molecule has 1 aromatic rings. The molecule has 1 aliphatic rings. The molecule has 6 heteroatoms. The Balaban J connectivity index is 2.13. The Morgan fingerprint density at radius 1 is 1.50 bits per heavy atom. The first kappa shape index (κ1) is 13.2. The highest BCUT2D eigenvalue weighted by Crippen LogP contribution is 2.27. The van der Waals surface area contributed by atoms with E-state index in [4.69, 9.17) is 10.5 Å². The molecule has 0 bridgehead atoms. The van der Waals surface area contributed by atoms with Crippen LogP contribution < -0.4 is 11.1 Å². The van der Waals surface area contributed by atoms with Gasteiger partial charge in [-0.1, -0.05) is 6.07 Å². The lowest BCUT2D eigenvalue weighted by atomic mass is 10.2. The highest BCUT2D eigenvalue weighted by molar-refractivity contribution is 7.90. The van der Waals surface area contributed by atoms with E-state index >= 15 is 0 Å². The molecule has 100 valence electrons. The first-order valence-electron chi connectivity index (χ1n) is 5.92. The standard InChI is InChI=1S/C12H18N2O3S/c1-18(15,16)11-6-2-5-10(12(11)13)14-8-9-4-3-7-17-9/h2,5-6,9,14H,3-4,7-8,13H2,1H3. The Morgan fingerprint density at radius 2 is 2.28 bits per heavy atom. The van der Waals surface area contributed by atoms with Crippen LogP contribution in [0, 0.1) is 0 Å². The third kappa shape index (κ3) is 2.94. The second-order valence-electron chi connectivity index (χ2n) is 4.51. The Bertz CT molecular complexity index is 522. The largest absolute Gasteiger partial charge is 0.396 e. The molecule has 1 heterocycles. The number of para-hydroxylation sites is 1. The molecule has 0 spiro atoms. The Kier molecular flexibility index (Phi) is 3.77. The van der Waals surface area contributed by atoms with Crippen LogP contribution in [0.3, 0.4) is 0 Å². The van der Waals surface area contributed by atoms with Gasteiger partial charge in [-0.15, -0.1) is 0 Å². The fourth-order valence-corrected chi connectivity index (χ4v) is 2.89. The quantitative estimate of drug-likeness (QED) is 0.805. The molecule has 5 nitrogen and oxygen atoms in total. The molecular weight excluding hydrogens is 252 g/mol. The van der Waals surface area contributed by atoms with Crippen molar-refractivity contribution in [3.05, 3.63) is 18.2 Å². The number of rotatable bonds is 4. The zero-order valence-corrected chi connectivity index (χ0v) is 11.2. The summed E-state index contributed by atoms with van der Waals surface area (Å²) in [7, 11) is -3.29. The van der Waals surface area contributed by atoms with Crippen LogP contribution >= 0.6 is 0 Å². The third-order valence-electron chi connectivity index (χ3n) is 3.01. The van der Waals surface area contributed by atoms with E-state index in [-0.39, 0.29) is 16.7 Å². The van der Waals surface area contributed by atoms with Gasteiger partial charge in [-0.3, -0.25) is 0 Å². The zero-order valence-electron chi connectivity index (χ0n) is 10.3. The number of sulfone groups is 1. The molecule has 1 fully saturated rings. The molecule has 1 unspecified atom stereocenters. The average molecular weight is 270 g/mol. The van der Waals surface area contributed by atoms with E-state index in [1.807, 2.05) is 0 Å². The molecule has 0 aliphatic carbocycles. The zero-order chi connectivity index (χ0) is 13.2. The van der Waals surface area contributed by atoms with E-state index in [1.165, 1.54) is 6.07 Å². The third-order valence-corrected chi connectivity index (χ3v) is 4.16. The molecule has 2 rings (SSSR count). The maximum Gasteiger partial charge on any atom is 0.177 e. The molecule has 1 aromatic carbocycles. The summed E-state index contributed by atoms with van der Waals surface area (Å²) in [5, 5.41) is 3.15. The minimum Gasteiger partial charge on any atom is -0.396 e. The molecule has 1 aliphatic heterocycles. The molecule has 0 amide bonds. The smallest absolute Gasteiger partial charge is 0.177 e. The second kappa shape index (κ2) is 5.16. The van der Waals surface area contributed by atoms with E-state index in [1.54, 1.807) is 12.1 Å². The fourth-order valence-electron chi connectivity index (χ4n) is 2.05. The number of hydrogen-bond donors (Lipinski definition) is 2. The van der Waals surface area contributed by atoms with Crippen LogP contribution in [0.4, 0.5) is 11.4 Å². The fraction of sp³-hybridized carbons (Fsp3) is 0.500. The van der Waals surface area contributed by atoms with Gasteiger partial charge >= 0.3 is 0 Å². The van der Waals surface area contributed by atoms with Gasteiger partial charge < -0.3 is 15.8 Å². The van der Waals surface area contributed by atoms with E-state index < -0.39 is 9.84 Å². The molecule has 0 aromatic heterocycles. The van der Waals surface area contributed by atoms with Crippen LogP contribution in [0.1, 0.15) is 12.8 Å². The SMILES string of the molecule is CS(=O)(=O)c1cccc(NCC2CCCO2)c1N. The number of hydrogen-bond acceptors (Lipinski definition) is 5. The van der Waals surface area contributed by atoms with Crippen LogP contribution in [0.15, 0.2) is 23.1 Å². The molecule has 1 saturated heterocycles. The van der Waals surface area contributed by atoms with Crippen molar-refractivity contribution in [3.8, 4) is 0 Å². The van der Waals surface area contributed by atoms with Gasteiger partial charge in [0.25, 0.3) is 0 Å². The number of ether oxygens (including phenoxy) is 1. The monoisotopic (exact) mass is 270 g/mol. The van der Waals surface area contributed by atoms with Gasteiger partial charge in [-0.2, -0.15) is 0 Å². The predicted octanol–water partition coefficient (Wildman–Crippen LogP) is 1.26. The normalized spacial score (nSPS) is 19.9. The molecule has 3 N–H and O–H groups in total. The lowest BCUT2D eigenvalue weighted by Crippen LogP contribution is -2.19. The van der Waals surface area contributed by atoms with E-state index in [9.17, 15) is 8.42 Å². The summed E-state index contributed by atoms with van der Waals surface area (Å²) in [6.07, 6.45) is 3.44. The van der Waals surface area contributed by atoms with Crippen molar-refractivity contribution in [2.45, 2.75) is 23.8 Å². The van der Waals surface area contributed by atoms with E-state index in [0.717, 1.165) is 25.7 Å². The van der Waals surface area contributed by atoms with Crippen molar-refractivity contribution in [2.24, 2.45) is 0 Å². The van der Waals surface area contributed by atoms with Crippen LogP contribution in [0.25, 0.3) is 0 Å². The summed E-state index contributed by atoms with van der Waals surface area (Å²) in [6.45, 7) is 1.45. The predicted molar refractivity (Wildman–Crippen MR) is 71.4 cm³/mol. The molecule has 1 atom stereocenters. The minimum atomic E-state index is -3.29. The van der Waals surface area contributed by atoms with Gasteiger partial charge in [0.15, 0.2) is 9.84 Å². The van der Waals surface area contributed by atoms with Crippen LogP contribution in [0.5, 0.6) is 0 Å². The number of nitrogens with two attached hydrogens (primary N) is 1. The maximum atomic E-state index is 11.5. The average Bonchev–Trinajstić information content (AvgIpc) is 2.79. The summed E-state index contributed by atoms with van der Waals surface area (Å²) >= 11 is 0. The van der Waals surface area contributed by atoms with Gasteiger partial charge in [0.2, 0.25) is 0 Å². The van der Waals surface area contributed by atoms with Crippen LogP contribution in [-0.4, -0.2) is 33.9 Å². The number of benzene rings is 1. The number of nitrogens with one attached hydrogen (secondary N) is 1. The Morgan fingerprint density at radius 3 is 2.89 bits per heavy atom. The van der Waals surface area contributed by atoms with Crippen molar-refractivity contribution in [1.82, 2.24) is 0 Å². The van der Waals surface area contributed by atoms with Gasteiger partial charge in [0.1, 0.15) is 0 Å². The van der Waals surface area contributed by atoms with E-state index in [2.05, 4.69) is 5.32 Å². The van der Waals surface area contributed by atoms with Gasteiger partial charge in [-0.05, 0) is 25.0 Å². The summed E-state index contributed by atoms with van der Waals surface area (Å²) in [6, 6.07) is 4.98. The topological polar surface area (TPSA) is 81.4 Å². The van der Waals surface area contributed by atoms with Gasteiger partial charge in [0.05, 0.1) is 22.4 Å². The van der Waals surface area contributed by atoms with Crippen LogP contribution in [-0.2, 0) is 14.6 Å². The van der Waals surface area contributed by atoms with Crippen LogP contribution in [0.2, 0.25) is 0 Å². The number of nitrogen functional groups attached to an aromatic ring is 1. The molecule has 0 saturated carbocycles. The lowest BCUT2D eigenvalue weighted by molar-refractivity contribution is 0.120. The summed E-state index contributed by atoms with van der Waals surface area (Å²) in [5.74, 6) is 0. The van der Waals surface area contributed by atoms with Gasteiger partial charge in [0, 0.05) is 19.4 Å². The minimum absolute atomic E-state index is 0.167. The summed E-state index contributed by atoms with van der Waals surface area (Å²) in [5.41, 5.74) is 6.79. The van der Waals surface area contributed by atoms with Crippen molar-refractivity contribution < 1.29 is 13.2 Å². The summed E-state index contributed by atoms with van der Waals surface area (Å²) < 4.78 is 28.6.